The molecule has 1 aromatic carbocycles. The first-order valence-electron chi connectivity index (χ1n) is 6.34. The maximum Gasteiger partial charge on any atom is 0.252 e. The van der Waals surface area contributed by atoms with Gasteiger partial charge in [0, 0.05) is 17.5 Å². The number of amides is 1. The highest BCUT2D eigenvalue weighted by molar-refractivity contribution is 5.96. The molecule has 0 heterocycles. The molecule has 1 N–H and O–H groups in total. The van der Waals surface area contributed by atoms with Gasteiger partial charge in [0.05, 0.1) is 5.56 Å². The molecule has 18 heavy (non-hydrogen) atoms. The molecule has 0 fully saturated rings. The van der Waals surface area contributed by atoms with Gasteiger partial charge < -0.3 is 5.32 Å². The fraction of sp³-hybridized carbons (Fsp3) is 0.438. The van der Waals surface area contributed by atoms with Crippen molar-refractivity contribution in [2.45, 2.75) is 34.1 Å². The quantitative estimate of drug-likeness (QED) is 0.811. The number of hydrogen-bond acceptors (Lipinski definition) is 1. The molecule has 0 radical (unpaired) electrons. The Morgan fingerprint density at radius 2 is 1.94 bits per heavy atom. The van der Waals surface area contributed by atoms with Crippen LogP contribution in [-0.2, 0) is 0 Å². The van der Waals surface area contributed by atoms with Crippen LogP contribution in [0.15, 0.2) is 24.3 Å². The molecule has 0 saturated heterocycles. The van der Waals surface area contributed by atoms with Crippen LogP contribution in [-0.4, -0.2) is 12.5 Å². The number of hydrogen-bond donors (Lipinski definition) is 1. The first-order valence-corrected chi connectivity index (χ1v) is 6.34. The average Bonchev–Trinajstić information content (AvgIpc) is 2.33. The van der Waals surface area contributed by atoms with Crippen LogP contribution in [0.4, 0.5) is 0 Å². The molecule has 2 heteroatoms. The van der Waals surface area contributed by atoms with Gasteiger partial charge in [-0.3, -0.25) is 4.79 Å². The summed E-state index contributed by atoms with van der Waals surface area (Å²) in [5, 5.41) is 2.88. The fourth-order valence-corrected chi connectivity index (χ4v) is 1.38. The summed E-state index contributed by atoms with van der Waals surface area (Å²) in [6, 6.07) is 7.48. The Bertz CT molecular complexity index is 472. The molecule has 2 nitrogen and oxygen atoms in total. The molecule has 96 valence electrons. The molecule has 0 aromatic heterocycles. The zero-order valence-corrected chi connectivity index (χ0v) is 11.6. The van der Waals surface area contributed by atoms with Gasteiger partial charge in [0.2, 0.25) is 0 Å². The van der Waals surface area contributed by atoms with Gasteiger partial charge in [0.15, 0.2) is 0 Å². The van der Waals surface area contributed by atoms with Crippen LogP contribution in [0.25, 0.3) is 0 Å². The maximum absolute atomic E-state index is 12.0. The zero-order chi connectivity index (χ0) is 13.6. The van der Waals surface area contributed by atoms with Crippen molar-refractivity contribution < 1.29 is 4.79 Å². The topological polar surface area (TPSA) is 29.1 Å². The van der Waals surface area contributed by atoms with Crippen LogP contribution in [0.2, 0.25) is 0 Å². The predicted octanol–water partition coefficient (Wildman–Crippen LogP) is 3.22. The van der Waals surface area contributed by atoms with E-state index in [0.717, 1.165) is 12.0 Å². The number of carbonyl (C=O) groups is 1. The molecule has 0 aliphatic rings. The van der Waals surface area contributed by atoms with Crippen molar-refractivity contribution in [1.82, 2.24) is 5.32 Å². The summed E-state index contributed by atoms with van der Waals surface area (Å²) in [5.74, 6) is 6.21. The van der Waals surface area contributed by atoms with Gasteiger partial charge in [-0.15, -0.1) is 0 Å². The molecule has 0 saturated carbocycles. The molecule has 0 aliphatic carbocycles. The van der Waals surface area contributed by atoms with Crippen LogP contribution < -0.4 is 5.32 Å². The van der Waals surface area contributed by atoms with E-state index < -0.39 is 0 Å². The molecule has 0 unspecified atom stereocenters. The number of nitrogens with one attached hydrogen (secondary N) is 1. The van der Waals surface area contributed by atoms with E-state index in [9.17, 15) is 4.79 Å². The number of benzene rings is 1. The number of rotatable bonds is 3. The Balaban J connectivity index is 2.99. The SMILES string of the molecule is CCCNC(=O)c1ccccc1C#CC(C)(C)C. The minimum absolute atomic E-state index is 0.0457. The normalized spacial score (nSPS) is 10.4. The van der Waals surface area contributed by atoms with Crippen LogP contribution in [0, 0.1) is 17.3 Å². The van der Waals surface area contributed by atoms with E-state index in [0.29, 0.717) is 12.1 Å². The summed E-state index contributed by atoms with van der Waals surface area (Å²) in [6.45, 7) is 8.89. The van der Waals surface area contributed by atoms with E-state index >= 15 is 0 Å². The van der Waals surface area contributed by atoms with Crippen LogP contribution in [0.1, 0.15) is 50.0 Å². The fourth-order valence-electron chi connectivity index (χ4n) is 1.38. The van der Waals surface area contributed by atoms with Gasteiger partial charge in [-0.25, -0.2) is 0 Å². The molecular formula is C16H21NO. The third kappa shape index (κ3) is 4.63. The second-order valence-corrected chi connectivity index (χ2v) is 5.30. The lowest BCUT2D eigenvalue weighted by Gasteiger charge is -2.08. The molecule has 0 atom stereocenters. The van der Waals surface area contributed by atoms with Crippen molar-refractivity contribution in [1.29, 1.82) is 0 Å². The monoisotopic (exact) mass is 243 g/mol. The van der Waals surface area contributed by atoms with E-state index in [4.69, 9.17) is 0 Å². The van der Waals surface area contributed by atoms with Crippen molar-refractivity contribution in [2.75, 3.05) is 6.54 Å². The lowest BCUT2D eigenvalue weighted by Crippen LogP contribution is -2.24. The minimum atomic E-state index is -0.0625. The number of carbonyl (C=O) groups excluding carboxylic acids is 1. The highest BCUT2D eigenvalue weighted by Gasteiger charge is 2.09. The molecule has 1 amide bonds. The summed E-state index contributed by atoms with van der Waals surface area (Å²) < 4.78 is 0. The molecular weight excluding hydrogens is 222 g/mol. The van der Waals surface area contributed by atoms with Crippen molar-refractivity contribution >= 4 is 5.91 Å². The highest BCUT2D eigenvalue weighted by atomic mass is 16.1. The summed E-state index contributed by atoms with van der Waals surface area (Å²) in [5.41, 5.74) is 1.39. The first kappa shape index (κ1) is 14.3. The van der Waals surface area contributed by atoms with Crippen LogP contribution in [0.5, 0.6) is 0 Å². The molecule has 0 aliphatic heterocycles. The van der Waals surface area contributed by atoms with Gasteiger partial charge >= 0.3 is 0 Å². The second-order valence-electron chi connectivity index (χ2n) is 5.30. The molecule has 1 aromatic rings. The summed E-state index contributed by atoms with van der Waals surface area (Å²) in [6.07, 6.45) is 0.932. The standard InChI is InChI=1S/C16H21NO/c1-5-12-17-15(18)14-9-7-6-8-13(14)10-11-16(2,3)4/h6-9H,5,12H2,1-4H3,(H,17,18). The van der Waals surface area contributed by atoms with E-state index in [2.05, 4.69) is 37.9 Å². The highest BCUT2D eigenvalue weighted by Crippen LogP contribution is 2.12. The van der Waals surface area contributed by atoms with Crippen LogP contribution >= 0.6 is 0 Å². The lowest BCUT2D eigenvalue weighted by atomic mass is 9.96. The van der Waals surface area contributed by atoms with Gasteiger partial charge in [-0.1, -0.05) is 30.9 Å². The second kappa shape index (κ2) is 6.26. The maximum atomic E-state index is 12.0. The summed E-state index contributed by atoms with van der Waals surface area (Å²) in [4.78, 5) is 12.0. The van der Waals surface area contributed by atoms with Crippen molar-refractivity contribution in [3.63, 3.8) is 0 Å². The Morgan fingerprint density at radius 3 is 2.56 bits per heavy atom. The Labute approximate surface area is 110 Å². The minimum Gasteiger partial charge on any atom is -0.352 e. The summed E-state index contributed by atoms with van der Waals surface area (Å²) >= 11 is 0. The van der Waals surface area contributed by atoms with Crippen molar-refractivity contribution in [2.24, 2.45) is 5.41 Å². The molecule has 1 rings (SSSR count). The van der Waals surface area contributed by atoms with Crippen LogP contribution in [0.3, 0.4) is 0 Å². The van der Waals surface area contributed by atoms with Gasteiger partial charge in [-0.2, -0.15) is 0 Å². The third-order valence-corrected chi connectivity index (χ3v) is 2.28. The summed E-state index contributed by atoms with van der Waals surface area (Å²) in [7, 11) is 0. The van der Waals surface area contributed by atoms with Gasteiger partial charge in [-0.05, 0) is 39.3 Å². The molecule has 0 bridgehead atoms. The van der Waals surface area contributed by atoms with Crippen molar-refractivity contribution in [3.8, 4) is 11.8 Å². The van der Waals surface area contributed by atoms with E-state index in [1.54, 1.807) is 0 Å². The first-order chi connectivity index (χ1) is 8.44. The van der Waals surface area contributed by atoms with E-state index in [-0.39, 0.29) is 11.3 Å². The van der Waals surface area contributed by atoms with Gasteiger partial charge in [0.1, 0.15) is 0 Å². The average molecular weight is 243 g/mol. The smallest absolute Gasteiger partial charge is 0.252 e. The van der Waals surface area contributed by atoms with Crippen molar-refractivity contribution in [3.05, 3.63) is 35.4 Å². The zero-order valence-electron chi connectivity index (χ0n) is 11.6. The van der Waals surface area contributed by atoms with E-state index in [1.165, 1.54) is 0 Å². The Morgan fingerprint density at radius 1 is 1.28 bits per heavy atom. The molecule has 0 spiro atoms. The Hall–Kier alpha value is -1.75. The lowest BCUT2D eigenvalue weighted by molar-refractivity contribution is 0.0953. The van der Waals surface area contributed by atoms with Gasteiger partial charge in [0.25, 0.3) is 5.91 Å². The third-order valence-electron chi connectivity index (χ3n) is 2.28. The largest absolute Gasteiger partial charge is 0.352 e. The predicted molar refractivity (Wildman–Crippen MR) is 75.4 cm³/mol. The van der Waals surface area contributed by atoms with E-state index in [1.807, 2.05) is 31.2 Å². The Kier molecular flexibility index (Phi) is 4.97.